The third-order valence-electron chi connectivity index (χ3n) is 4.48. The van der Waals surface area contributed by atoms with Crippen LogP contribution in [0.25, 0.3) is 0 Å². The second kappa shape index (κ2) is 7.23. The van der Waals surface area contributed by atoms with Gasteiger partial charge in [0.05, 0.1) is 11.8 Å². The van der Waals surface area contributed by atoms with Crippen LogP contribution in [0, 0.1) is 0 Å². The summed E-state index contributed by atoms with van der Waals surface area (Å²) < 4.78 is 31.7. The SMILES string of the molecule is CCS(=O)(=O)Nc1ccc(C(=O)N[C@@H]2CC(C)(C)Oc3ccccc32)cc1. The van der Waals surface area contributed by atoms with Crippen molar-refractivity contribution in [3.63, 3.8) is 0 Å². The van der Waals surface area contributed by atoms with Crippen LogP contribution < -0.4 is 14.8 Å². The summed E-state index contributed by atoms with van der Waals surface area (Å²) in [6.45, 7) is 5.56. The number of carbonyl (C=O) groups is 1. The number of nitrogens with one attached hydrogen (secondary N) is 2. The van der Waals surface area contributed by atoms with Gasteiger partial charge in [-0.2, -0.15) is 0 Å². The third-order valence-corrected chi connectivity index (χ3v) is 5.79. The van der Waals surface area contributed by atoms with Gasteiger partial charge >= 0.3 is 0 Å². The first-order valence-corrected chi connectivity index (χ1v) is 10.5. The summed E-state index contributed by atoms with van der Waals surface area (Å²) in [5, 5.41) is 3.07. The average molecular weight is 388 g/mol. The van der Waals surface area contributed by atoms with Crippen molar-refractivity contribution in [2.24, 2.45) is 0 Å². The molecule has 0 fully saturated rings. The lowest BCUT2D eigenvalue weighted by Gasteiger charge is -2.37. The Morgan fingerprint density at radius 2 is 1.81 bits per heavy atom. The van der Waals surface area contributed by atoms with Crippen molar-refractivity contribution in [3.8, 4) is 5.75 Å². The van der Waals surface area contributed by atoms with Crippen molar-refractivity contribution in [2.45, 2.75) is 38.8 Å². The second-order valence-corrected chi connectivity index (χ2v) is 9.22. The quantitative estimate of drug-likeness (QED) is 0.821. The van der Waals surface area contributed by atoms with Gasteiger partial charge in [0.2, 0.25) is 10.0 Å². The van der Waals surface area contributed by atoms with Crippen LogP contribution in [-0.4, -0.2) is 25.7 Å². The van der Waals surface area contributed by atoms with Crippen molar-refractivity contribution in [1.82, 2.24) is 5.32 Å². The molecular formula is C20H24N2O4S. The zero-order valence-corrected chi connectivity index (χ0v) is 16.5. The molecule has 2 N–H and O–H groups in total. The van der Waals surface area contributed by atoms with Gasteiger partial charge in [-0.3, -0.25) is 9.52 Å². The molecule has 6 nitrogen and oxygen atoms in total. The van der Waals surface area contributed by atoms with E-state index < -0.39 is 10.0 Å². The summed E-state index contributed by atoms with van der Waals surface area (Å²) >= 11 is 0. The largest absolute Gasteiger partial charge is 0.487 e. The van der Waals surface area contributed by atoms with Crippen molar-refractivity contribution in [1.29, 1.82) is 0 Å². The Labute approximate surface area is 160 Å². The molecule has 1 atom stereocenters. The number of ether oxygens (including phenoxy) is 1. The predicted molar refractivity (Wildman–Crippen MR) is 105 cm³/mol. The zero-order valence-electron chi connectivity index (χ0n) is 15.7. The van der Waals surface area contributed by atoms with E-state index in [2.05, 4.69) is 10.0 Å². The average Bonchev–Trinajstić information content (AvgIpc) is 2.61. The van der Waals surface area contributed by atoms with Gasteiger partial charge < -0.3 is 10.1 Å². The highest BCUT2D eigenvalue weighted by Crippen LogP contribution is 2.39. The third kappa shape index (κ3) is 4.60. The fourth-order valence-corrected chi connectivity index (χ4v) is 3.75. The number of sulfonamides is 1. The number of fused-ring (bicyclic) bond motifs is 1. The highest BCUT2D eigenvalue weighted by atomic mass is 32.2. The maximum atomic E-state index is 12.7. The molecule has 0 saturated carbocycles. The van der Waals surface area contributed by atoms with Gasteiger partial charge in [-0.15, -0.1) is 0 Å². The molecule has 0 spiro atoms. The van der Waals surface area contributed by atoms with Crippen molar-refractivity contribution < 1.29 is 17.9 Å². The molecule has 1 aliphatic rings. The molecule has 1 heterocycles. The molecule has 144 valence electrons. The molecule has 0 aromatic heterocycles. The van der Waals surface area contributed by atoms with Crippen molar-refractivity contribution >= 4 is 21.6 Å². The lowest BCUT2D eigenvalue weighted by molar-refractivity contribution is 0.0619. The smallest absolute Gasteiger partial charge is 0.251 e. The van der Waals surface area contributed by atoms with E-state index in [1.165, 1.54) is 0 Å². The van der Waals surface area contributed by atoms with E-state index in [1.807, 2.05) is 38.1 Å². The Morgan fingerprint density at radius 3 is 2.48 bits per heavy atom. The Bertz CT molecular complexity index is 937. The molecule has 0 radical (unpaired) electrons. The summed E-state index contributed by atoms with van der Waals surface area (Å²) in [6.07, 6.45) is 0.657. The monoisotopic (exact) mass is 388 g/mol. The summed E-state index contributed by atoms with van der Waals surface area (Å²) in [4.78, 5) is 12.7. The lowest BCUT2D eigenvalue weighted by atomic mass is 9.89. The van der Waals surface area contributed by atoms with Gasteiger partial charge in [-0.1, -0.05) is 18.2 Å². The van der Waals surface area contributed by atoms with Crippen LogP contribution in [0.15, 0.2) is 48.5 Å². The maximum absolute atomic E-state index is 12.7. The van der Waals surface area contributed by atoms with Crippen LogP contribution in [0.4, 0.5) is 5.69 Å². The summed E-state index contributed by atoms with van der Waals surface area (Å²) in [5.41, 5.74) is 1.48. The molecule has 0 saturated heterocycles. The van der Waals surface area contributed by atoms with E-state index in [0.717, 1.165) is 11.3 Å². The highest BCUT2D eigenvalue weighted by Gasteiger charge is 2.34. The van der Waals surface area contributed by atoms with Gasteiger partial charge in [0.25, 0.3) is 5.91 Å². The Hall–Kier alpha value is -2.54. The minimum Gasteiger partial charge on any atom is -0.487 e. The highest BCUT2D eigenvalue weighted by molar-refractivity contribution is 7.92. The minimum atomic E-state index is -3.34. The number of hydrogen-bond donors (Lipinski definition) is 2. The predicted octanol–water partition coefficient (Wildman–Crippen LogP) is 3.48. The first kappa shape index (κ1) is 19.2. The van der Waals surface area contributed by atoms with Gasteiger partial charge in [-0.05, 0) is 51.1 Å². The molecule has 1 amide bonds. The first-order valence-electron chi connectivity index (χ1n) is 8.88. The lowest BCUT2D eigenvalue weighted by Crippen LogP contribution is -2.41. The number of carbonyl (C=O) groups excluding carboxylic acids is 1. The molecule has 1 aliphatic heterocycles. The van der Waals surface area contributed by atoms with E-state index in [9.17, 15) is 13.2 Å². The van der Waals surface area contributed by atoms with E-state index in [1.54, 1.807) is 31.2 Å². The van der Waals surface area contributed by atoms with E-state index in [-0.39, 0.29) is 23.3 Å². The fourth-order valence-electron chi connectivity index (χ4n) is 3.11. The number of rotatable bonds is 5. The van der Waals surface area contributed by atoms with E-state index in [4.69, 9.17) is 4.74 Å². The fraction of sp³-hybridized carbons (Fsp3) is 0.350. The Morgan fingerprint density at radius 1 is 1.15 bits per heavy atom. The summed E-state index contributed by atoms with van der Waals surface area (Å²) in [7, 11) is -3.34. The summed E-state index contributed by atoms with van der Waals surface area (Å²) in [5.74, 6) is 0.564. The Kier molecular flexibility index (Phi) is 5.15. The van der Waals surface area contributed by atoms with Crippen LogP contribution in [0.2, 0.25) is 0 Å². The van der Waals surface area contributed by atoms with Gasteiger partial charge in [-0.25, -0.2) is 8.42 Å². The van der Waals surface area contributed by atoms with E-state index in [0.29, 0.717) is 17.7 Å². The molecule has 0 aliphatic carbocycles. The molecule has 3 rings (SSSR count). The standard InChI is InChI=1S/C20H24N2O4S/c1-4-27(24,25)22-15-11-9-14(10-12-15)19(23)21-17-13-20(2,3)26-18-8-6-5-7-16(17)18/h5-12,17,22H,4,13H2,1-3H3,(H,21,23)/t17-/m1/s1. The normalized spacial score (nSPS) is 18.1. The van der Waals surface area contributed by atoms with Crippen LogP contribution >= 0.6 is 0 Å². The van der Waals surface area contributed by atoms with E-state index >= 15 is 0 Å². The van der Waals surface area contributed by atoms with Gasteiger partial charge in [0.15, 0.2) is 0 Å². The van der Waals surface area contributed by atoms with Crippen LogP contribution in [0.3, 0.4) is 0 Å². The molecular weight excluding hydrogens is 364 g/mol. The number of amides is 1. The Balaban J connectivity index is 1.76. The molecule has 27 heavy (non-hydrogen) atoms. The number of para-hydroxylation sites is 1. The molecule has 0 bridgehead atoms. The summed E-state index contributed by atoms with van der Waals surface area (Å²) in [6, 6.07) is 13.9. The molecule has 7 heteroatoms. The van der Waals surface area contributed by atoms with Crippen molar-refractivity contribution in [2.75, 3.05) is 10.5 Å². The first-order chi connectivity index (χ1) is 12.7. The van der Waals surface area contributed by atoms with Gasteiger partial charge in [0, 0.05) is 23.2 Å². The number of hydrogen-bond acceptors (Lipinski definition) is 4. The van der Waals surface area contributed by atoms with Crippen LogP contribution in [0.1, 0.15) is 49.2 Å². The van der Waals surface area contributed by atoms with Gasteiger partial charge in [0.1, 0.15) is 11.4 Å². The number of anilines is 1. The topological polar surface area (TPSA) is 84.5 Å². The zero-order chi connectivity index (χ0) is 19.7. The van der Waals surface area contributed by atoms with Crippen LogP contribution in [0.5, 0.6) is 5.75 Å². The minimum absolute atomic E-state index is 0.00577. The van der Waals surface area contributed by atoms with Crippen molar-refractivity contribution in [3.05, 3.63) is 59.7 Å². The molecule has 2 aromatic rings. The molecule has 2 aromatic carbocycles. The second-order valence-electron chi connectivity index (χ2n) is 7.21. The maximum Gasteiger partial charge on any atom is 0.251 e. The number of benzene rings is 2. The molecule has 0 unspecified atom stereocenters. The van der Waals surface area contributed by atoms with Crippen LogP contribution in [-0.2, 0) is 10.0 Å².